The van der Waals surface area contributed by atoms with Gasteiger partial charge in [-0.3, -0.25) is 9.59 Å². The molecule has 3 rings (SSSR count). The Labute approximate surface area is 162 Å². The molecule has 3 N–H and O–H groups in total. The highest BCUT2D eigenvalue weighted by molar-refractivity contribution is 6.31. The van der Waals surface area contributed by atoms with Gasteiger partial charge in [0.2, 0.25) is 5.91 Å². The number of amides is 2. The summed E-state index contributed by atoms with van der Waals surface area (Å²) in [7, 11) is 0. The van der Waals surface area contributed by atoms with Crippen molar-refractivity contribution in [3.8, 4) is 0 Å². The molecule has 0 radical (unpaired) electrons. The Morgan fingerprint density at radius 2 is 1.81 bits per heavy atom. The first-order valence-corrected chi connectivity index (χ1v) is 9.14. The summed E-state index contributed by atoms with van der Waals surface area (Å²) in [5.41, 5.74) is 2.12. The van der Waals surface area contributed by atoms with Crippen molar-refractivity contribution in [1.29, 1.82) is 0 Å². The molecule has 0 unspecified atom stereocenters. The summed E-state index contributed by atoms with van der Waals surface area (Å²) in [5, 5.41) is 9.27. The van der Waals surface area contributed by atoms with Crippen LogP contribution in [0.25, 0.3) is 0 Å². The Hall–Kier alpha value is -2.44. The first kappa shape index (κ1) is 19.3. The lowest BCUT2D eigenvalue weighted by Crippen LogP contribution is -2.52. The van der Waals surface area contributed by atoms with Crippen LogP contribution in [-0.4, -0.2) is 23.9 Å². The smallest absolute Gasteiger partial charge is 0.251 e. The molecule has 1 fully saturated rings. The largest absolute Gasteiger partial charge is 0.349 e. The van der Waals surface area contributed by atoms with Gasteiger partial charge in [-0.05, 0) is 48.7 Å². The van der Waals surface area contributed by atoms with Gasteiger partial charge >= 0.3 is 0 Å². The molecule has 1 saturated carbocycles. The molecule has 1 aliphatic carbocycles. The lowest BCUT2D eigenvalue weighted by molar-refractivity contribution is -0.114. The quantitative estimate of drug-likeness (QED) is 0.708. The van der Waals surface area contributed by atoms with Gasteiger partial charge in [0.1, 0.15) is 5.82 Å². The van der Waals surface area contributed by atoms with Crippen LogP contribution in [0.4, 0.5) is 10.1 Å². The van der Waals surface area contributed by atoms with Crippen LogP contribution >= 0.6 is 11.6 Å². The second kappa shape index (κ2) is 8.50. The zero-order chi connectivity index (χ0) is 19.4. The monoisotopic (exact) mass is 389 g/mol. The maximum Gasteiger partial charge on any atom is 0.251 e. The molecule has 0 heterocycles. The van der Waals surface area contributed by atoms with E-state index >= 15 is 0 Å². The lowest BCUT2D eigenvalue weighted by Gasteiger charge is -2.36. The molecule has 7 heteroatoms. The second-order valence-corrected chi connectivity index (χ2v) is 7.19. The fraction of sp³-hybridized carbons (Fsp3) is 0.300. The Kier molecular flexibility index (Phi) is 6.08. The van der Waals surface area contributed by atoms with E-state index < -0.39 is 5.82 Å². The average molecular weight is 390 g/mol. The number of carbonyl (C=O) groups is 2. The van der Waals surface area contributed by atoms with Gasteiger partial charge < -0.3 is 16.0 Å². The van der Waals surface area contributed by atoms with Crippen LogP contribution in [0.15, 0.2) is 42.5 Å². The number of carbonyl (C=O) groups excluding carboxylic acids is 2. The van der Waals surface area contributed by atoms with Gasteiger partial charge in [0, 0.05) is 41.8 Å². The highest BCUT2D eigenvalue weighted by Crippen LogP contribution is 2.22. The summed E-state index contributed by atoms with van der Waals surface area (Å²) in [6.07, 6.45) is 1.64. The van der Waals surface area contributed by atoms with Crippen molar-refractivity contribution in [2.24, 2.45) is 0 Å². The van der Waals surface area contributed by atoms with Crippen molar-refractivity contribution in [1.82, 2.24) is 10.6 Å². The van der Waals surface area contributed by atoms with Crippen LogP contribution in [0.3, 0.4) is 0 Å². The highest BCUT2D eigenvalue weighted by atomic mass is 35.5. The van der Waals surface area contributed by atoms with Gasteiger partial charge in [0.25, 0.3) is 5.91 Å². The molecular formula is C20H21ClFN3O2. The van der Waals surface area contributed by atoms with E-state index in [9.17, 15) is 14.0 Å². The van der Waals surface area contributed by atoms with Gasteiger partial charge in [0.05, 0.1) is 0 Å². The van der Waals surface area contributed by atoms with Gasteiger partial charge in [-0.15, -0.1) is 0 Å². The van der Waals surface area contributed by atoms with E-state index in [4.69, 9.17) is 11.6 Å². The lowest BCUT2D eigenvalue weighted by atomic mass is 9.86. The normalized spacial score (nSPS) is 18.5. The SMILES string of the molecule is CC(=O)Nc1ccc(CNC2CC(NC(=O)c3cc(F)cc(Cl)c3)C2)cc1. The molecule has 0 bridgehead atoms. The molecule has 2 aromatic rings. The minimum Gasteiger partial charge on any atom is -0.349 e. The summed E-state index contributed by atoms with van der Waals surface area (Å²) in [5.74, 6) is -0.928. The summed E-state index contributed by atoms with van der Waals surface area (Å²) >= 11 is 5.79. The highest BCUT2D eigenvalue weighted by Gasteiger charge is 2.30. The van der Waals surface area contributed by atoms with Crippen LogP contribution < -0.4 is 16.0 Å². The number of hydrogen-bond acceptors (Lipinski definition) is 3. The number of halogens is 2. The molecular weight excluding hydrogens is 369 g/mol. The Morgan fingerprint density at radius 3 is 2.44 bits per heavy atom. The van der Waals surface area contributed by atoms with Crippen molar-refractivity contribution < 1.29 is 14.0 Å². The molecule has 0 aliphatic heterocycles. The Balaban J connectivity index is 1.41. The minimum absolute atomic E-state index is 0.0687. The van der Waals surface area contributed by atoms with E-state index in [1.165, 1.54) is 25.1 Å². The van der Waals surface area contributed by atoms with Gasteiger partial charge in [-0.1, -0.05) is 23.7 Å². The van der Waals surface area contributed by atoms with Crippen molar-refractivity contribution in [2.45, 2.75) is 38.4 Å². The van der Waals surface area contributed by atoms with E-state index in [0.29, 0.717) is 12.6 Å². The van der Waals surface area contributed by atoms with E-state index in [0.717, 1.165) is 24.1 Å². The first-order chi connectivity index (χ1) is 12.9. The number of benzene rings is 2. The van der Waals surface area contributed by atoms with Crippen molar-refractivity contribution in [3.63, 3.8) is 0 Å². The molecule has 2 aromatic carbocycles. The van der Waals surface area contributed by atoms with Crippen molar-refractivity contribution in [2.75, 3.05) is 5.32 Å². The maximum absolute atomic E-state index is 13.3. The standard InChI is InChI=1S/C20H21ClFN3O2/c1-12(26)24-17-4-2-13(3-5-17)11-23-18-9-19(10-18)25-20(27)14-6-15(21)8-16(22)7-14/h2-8,18-19,23H,9-11H2,1H3,(H,24,26)(H,25,27). The zero-order valence-electron chi connectivity index (χ0n) is 14.9. The molecule has 0 atom stereocenters. The molecule has 0 spiro atoms. The van der Waals surface area contributed by atoms with Crippen molar-refractivity contribution in [3.05, 3.63) is 64.4 Å². The van der Waals surface area contributed by atoms with Crippen LogP contribution in [0.2, 0.25) is 5.02 Å². The van der Waals surface area contributed by atoms with E-state index in [2.05, 4.69) is 16.0 Å². The van der Waals surface area contributed by atoms with Gasteiger partial charge in [-0.2, -0.15) is 0 Å². The second-order valence-electron chi connectivity index (χ2n) is 6.76. The van der Waals surface area contributed by atoms with E-state index in [1.54, 1.807) is 0 Å². The minimum atomic E-state index is -0.523. The number of hydrogen-bond donors (Lipinski definition) is 3. The Morgan fingerprint density at radius 1 is 1.11 bits per heavy atom. The fourth-order valence-electron chi connectivity index (χ4n) is 3.03. The molecule has 27 heavy (non-hydrogen) atoms. The summed E-state index contributed by atoms with van der Waals surface area (Å²) in [4.78, 5) is 23.2. The third-order valence-electron chi connectivity index (χ3n) is 4.47. The average Bonchev–Trinajstić information content (AvgIpc) is 2.56. The number of anilines is 1. The predicted octanol–water partition coefficient (Wildman–Crippen LogP) is 3.49. The van der Waals surface area contributed by atoms with Gasteiger partial charge in [-0.25, -0.2) is 4.39 Å². The number of nitrogens with one attached hydrogen (secondary N) is 3. The van der Waals surface area contributed by atoms with Crippen LogP contribution in [0.1, 0.15) is 35.7 Å². The van der Waals surface area contributed by atoms with Crippen LogP contribution in [-0.2, 0) is 11.3 Å². The summed E-state index contributed by atoms with van der Waals surface area (Å²) < 4.78 is 13.3. The molecule has 2 amide bonds. The molecule has 0 aromatic heterocycles. The van der Waals surface area contributed by atoms with E-state index in [1.807, 2.05) is 24.3 Å². The molecule has 0 saturated heterocycles. The molecule has 1 aliphatic rings. The molecule has 5 nitrogen and oxygen atoms in total. The zero-order valence-corrected chi connectivity index (χ0v) is 15.6. The third kappa shape index (κ3) is 5.52. The maximum atomic E-state index is 13.3. The molecule has 142 valence electrons. The van der Waals surface area contributed by atoms with E-state index in [-0.39, 0.29) is 28.4 Å². The van der Waals surface area contributed by atoms with Gasteiger partial charge in [0.15, 0.2) is 0 Å². The summed E-state index contributed by atoms with van der Waals surface area (Å²) in [6.45, 7) is 2.19. The van der Waals surface area contributed by atoms with Crippen molar-refractivity contribution >= 4 is 29.1 Å². The topological polar surface area (TPSA) is 70.2 Å². The predicted molar refractivity (Wildman–Crippen MR) is 103 cm³/mol. The fourth-order valence-corrected chi connectivity index (χ4v) is 3.25. The first-order valence-electron chi connectivity index (χ1n) is 8.76. The van der Waals surface area contributed by atoms with Crippen LogP contribution in [0.5, 0.6) is 0 Å². The number of rotatable bonds is 6. The van der Waals surface area contributed by atoms with Crippen LogP contribution in [0, 0.1) is 5.82 Å². The summed E-state index contributed by atoms with van der Waals surface area (Å²) in [6, 6.07) is 11.9. The Bertz CT molecular complexity index is 815. The third-order valence-corrected chi connectivity index (χ3v) is 4.69.